The van der Waals surface area contributed by atoms with E-state index in [-0.39, 0.29) is 5.41 Å². The predicted octanol–water partition coefficient (Wildman–Crippen LogP) is 3.60. The van der Waals surface area contributed by atoms with Crippen LogP contribution < -0.4 is 4.90 Å². The number of hydrogen-bond acceptors (Lipinski definition) is 5. The second kappa shape index (κ2) is 6.57. The van der Waals surface area contributed by atoms with Crippen molar-refractivity contribution in [2.24, 2.45) is 23.2 Å². The Morgan fingerprint density at radius 3 is 2.17 bits per heavy atom. The summed E-state index contributed by atoms with van der Waals surface area (Å²) in [6.07, 6.45) is 9.24. The molecule has 4 saturated carbocycles. The maximum absolute atomic E-state index is 13.5. The first-order valence-electron chi connectivity index (χ1n) is 11.1. The Kier molecular flexibility index (Phi) is 3.96. The van der Waals surface area contributed by atoms with Crippen LogP contribution in [0.2, 0.25) is 0 Å². The number of furan rings is 1. The molecule has 7 rings (SSSR count). The SMILES string of the molecule is O=C(N1CCN(c2ccc(-c3ccco3)nn2)CC1)C12CC3CC(CC(C3)C1)C2. The molecule has 0 radical (unpaired) electrons. The molecule has 0 atom stereocenters. The number of nitrogens with zero attached hydrogens (tertiary/aromatic N) is 4. The van der Waals surface area contributed by atoms with Gasteiger partial charge in [-0.3, -0.25) is 4.79 Å². The van der Waals surface area contributed by atoms with Gasteiger partial charge < -0.3 is 14.2 Å². The standard InChI is InChI=1S/C23H28N4O2/c28-22(23-13-16-10-17(14-23)12-18(11-16)15-23)27-7-5-26(6-8-27)21-4-3-19(24-25-21)20-2-1-9-29-20/h1-4,9,16-18H,5-8,10-15H2. The van der Waals surface area contributed by atoms with E-state index in [9.17, 15) is 4.79 Å². The highest BCUT2D eigenvalue weighted by molar-refractivity contribution is 5.83. The molecule has 5 aliphatic rings. The predicted molar refractivity (Wildman–Crippen MR) is 109 cm³/mol. The topological polar surface area (TPSA) is 62.5 Å². The summed E-state index contributed by atoms with van der Waals surface area (Å²) in [5.41, 5.74) is 0.718. The first kappa shape index (κ1) is 17.5. The zero-order valence-electron chi connectivity index (χ0n) is 16.8. The lowest BCUT2D eigenvalue weighted by atomic mass is 9.49. The monoisotopic (exact) mass is 392 g/mol. The summed E-state index contributed by atoms with van der Waals surface area (Å²) in [5.74, 6) is 4.51. The number of anilines is 1. The van der Waals surface area contributed by atoms with Crippen LogP contribution >= 0.6 is 0 Å². The molecular weight excluding hydrogens is 364 g/mol. The average Bonchev–Trinajstić information content (AvgIpc) is 3.27. The molecule has 1 aliphatic heterocycles. The van der Waals surface area contributed by atoms with Crippen molar-refractivity contribution in [3.8, 4) is 11.5 Å². The van der Waals surface area contributed by atoms with E-state index < -0.39 is 0 Å². The molecular formula is C23H28N4O2. The van der Waals surface area contributed by atoms with E-state index in [0.29, 0.717) is 5.91 Å². The lowest BCUT2D eigenvalue weighted by molar-refractivity contribution is -0.158. The van der Waals surface area contributed by atoms with Crippen molar-refractivity contribution in [3.05, 3.63) is 30.5 Å². The van der Waals surface area contributed by atoms with Gasteiger partial charge in [0.05, 0.1) is 11.7 Å². The third kappa shape index (κ3) is 2.95. The van der Waals surface area contributed by atoms with Crippen molar-refractivity contribution in [2.75, 3.05) is 31.1 Å². The Labute approximate surface area is 171 Å². The summed E-state index contributed by atoms with van der Waals surface area (Å²) in [5, 5.41) is 8.71. The molecule has 3 heterocycles. The van der Waals surface area contributed by atoms with Gasteiger partial charge in [-0.1, -0.05) is 0 Å². The van der Waals surface area contributed by atoms with E-state index in [4.69, 9.17) is 4.42 Å². The number of piperazine rings is 1. The molecule has 6 heteroatoms. The Hall–Kier alpha value is -2.37. The molecule has 152 valence electrons. The summed E-state index contributed by atoms with van der Waals surface area (Å²) < 4.78 is 5.39. The van der Waals surface area contributed by atoms with Gasteiger partial charge >= 0.3 is 0 Å². The Morgan fingerprint density at radius 1 is 0.931 bits per heavy atom. The minimum absolute atomic E-state index is 0.0264. The minimum atomic E-state index is -0.0264. The number of hydrogen-bond donors (Lipinski definition) is 0. The van der Waals surface area contributed by atoms with Crippen LogP contribution in [0.1, 0.15) is 38.5 Å². The smallest absolute Gasteiger partial charge is 0.228 e. The number of aromatic nitrogens is 2. The molecule has 2 aromatic heterocycles. The van der Waals surface area contributed by atoms with Crippen LogP contribution in [0.4, 0.5) is 5.82 Å². The summed E-state index contributed by atoms with van der Waals surface area (Å²) >= 11 is 0. The molecule has 6 nitrogen and oxygen atoms in total. The van der Waals surface area contributed by atoms with Crippen LogP contribution in [0.25, 0.3) is 11.5 Å². The Balaban J connectivity index is 1.11. The van der Waals surface area contributed by atoms with Crippen molar-refractivity contribution < 1.29 is 9.21 Å². The van der Waals surface area contributed by atoms with Gasteiger partial charge in [-0.15, -0.1) is 10.2 Å². The summed E-state index contributed by atoms with van der Waals surface area (Å²) in [6, 6.07) is 7.69. The van der Waals surface area contributed by atoms with E-state index >= 15 is 0 Å². The lowest BCUT2D eigenvalue weighted by Crippen LogP contribution is -2.58. The maximum Gasteiger partial charge on any atom is 0.228 e. The minimum Gasteiger partial charge on any atom is -0.463 e. The van der Waals surface area contributed by atoms with Gasteiger partial charge in [0.15, 0.2) is 11.6 Å². The molecule has 5 fully saturated rings. The third-order valence-electron chi connectivity index (χ3n) is 7.81. The van der Waals surface area contributed by atoms with Crippen molar-refractivity contribution in [1.29, 1.82) is 0 Å². The fourth-order valence-corrected chi connectivity index (χ4v) is 6.90. The number of carbonyl (C=O) groups is 1. The largest absolute Gasteiger partial charge is 0.463 e. The molecule has 1 amide bonds. The molecule has 4 aliphatic carbocycles. The van der Waals surface area contributed by atoms with Gasteiger partial charge in [-0.25, -0.2) is 0 Å². The number of rotatable bonds is 3. The molecule has 2 aromatic rings. The zero-order chi connectivity index (χ0) is 19.4. The molecule has 0 aromatic carbocycles. The lowest BCUT2D eigenvalue weighted by Gasteiger charge is -2.57. The third-order valence-corrected chi connectivity index (χ3v) is 7.81. The fraction of sp³-hybridized carbons (Fsp3) is 0.609. The highest BCUT2D eigenvalue weighted by Crippen LogP contribution is 2.60. The highest BCUT2D eigenvalue weighted by atomic mass is 16.3. The first-order chi connectivity index (χ1) is 14.2. The van der Waals surface area contributed by atoms with Gasteiger partial charge in [0.25, 0.3) is 0 Å². The van der Waals surface area contributed by atoms with Crippen LogP contribution in [0.15, 0.2) is 34.9 Å². The quantitative estimate of drug-likeness (QED) is 0.799. The Morgan fingerprint density at radius 2 is 1.62 bits per heavy atom. The van der Waals surface area contributed by atoms with Gasteiger partial charge in [0, 0.05) is 26.2 Å². The van der Waals surface area contributed by atoms with E-state index in [1.165, 1.54) is 19.3 Å². The van der Waals surface area contributed by atoms with Crippen molar-refractivity contribution >= 4 is 11.7 Å². The van der Waals surface area contributed by atoms with Gasteiger partial charge in [-0.2, -0.15) is 0 Å². The number of amides is 1. The van der Waals surface area contributed by atoms with Crippen LogP contribution in [0, 0.1) is 23.2 Å². The summed E-state index contributed by atoms with van der Waals surface area (Å²) in [4.78, 5) is 17.9. The molecule has 29 heavy (non-hydrogen) atoms. The van der Waals surface area contributed by atoms with Crippen LogP contribution in [-0.2, 0) is 4.79 Å². The van der Waals surface area contributed by atoms with E-state index in [1.54, 1.807) is 6.26 Å². The van der Waals surface area contributed by atoms with Gasteiger partial charge in [0.2, 0.25) is 5.91 Å². The average molecular weight is 393 g/mol. The normalized spacial score (nSPS) is 33.3. The van der Waals surface area contributed by atoms with Crippen LogP contribution in [0.5, 0.6) is 0 Å². The van der Waals surface area contributed by atoms with E-state index in [2.05, 4.69) is 20.0 Å². The van der Waals surface area contributed by atoms with E-state index in [1.807, 2.05) is 24.3 Å². The fourth-order valence-electron chi connectivity index (χ4n) is 6.90. The highest BCUT2D eigenvalue weighted by Gasteiger charge is 2.55. The van der Waals surface area contributed by atoms with Crippen molar-refractivity contribution in [1.82, 2.24) is 15.1 Å². The van der Waals surface area contributed by atoms with Crippen LogP contribution in [-0.4, -0.2) is 47.2 Å². The molecule has 1 saturated heterocycles. The Bertz CT molecular complexity index is 849. The zero-order valence-corrected chi connectivity index (χ0v) is 16.8. The van der Waals surface area contributed by atoms with Crippen molar-refractivity contribution in [3.63, 3.8) is 0 Å². The first-order valence-corrected chi connectivity index (χ1v) is 11.1. The van der Waals surface area contributed by atoms with Crippen molar-refractivity contribution in [2.45, 2.75) is 38.5 Å². The van der Waals surface area contributed by atoms with Crippen LogP contribution in [0.3, 0.4) is 0 Å². The molecule has 0 unspecified atom stereocenters. The van der Waals surface area contributed by atoms with Gasteiger partial charge in [0.1, 0.15) is 5.69 Å². The summed E-state index contributed by atoms with van der Waals surface area (Å²) in [7, 11) is 0. The maximum atomic E-state index is 13.5. The second-order valence-electron chi connectivity index (χ2n) is 9.73. The van der Waals surface area contributed by atoms with Gasteiger partial charge in [-0.05, 0) is 80.5 Å². The molecule has 0 N–H and O–H groups in total. The number of carbonyl (C=O) groups excluding carboxylic acids is 1. The second-order valence-corrected chi connectivity index (χ2v) is 9.73. The summed E-state index contributed by atoms with van der Waals surface area (Å²) in [6.45, 7) is 3.24. The molecule has 0 spiro atoms. The molecule has 4 bridgehead atoms. The van der Waals surface area contributed by atoms with E-state index in [0.717, 1.165) is 80.5 Å².